The van der Waals surface area contributed by atoms with Crippen LogP contribution in [-0.4, -0.2) is 47.2 Å². The molecule has 0 saturated carbocycles. The molecule has 1 amide bonds. The highest BCUT2D eigenvalue weighted by Gasteiger charge is 2.20. The maximum absolute atomic E-state index is 13.0. The van der Waals surface area contributed by atoms with E-state index in [2.05, 4.69) is 20.4 Å². The monoisotopic (exact) mass is 507 g/mol. The zero-order chi connectivity index (χ0) is 26.7. The van der Waals surface area contributed by atoms with Gasteiger partial charge in [-0.05, 0) is 44.0 Å². The van der Waals surface area contributed by atoms with E-state index in [1.807, 2.05) is 13.8 Å². The molecule has 3 aromatic heterocycles. The van der Waals surface area contributed by atoms with Crippen molar-refractivity contribution in [2.75, 3.05) is 11.9 Å². The van der Waals surface area contributed by atoms with Crippen molar-refractivity contribution in [2.45, 2.75) is 46.7 Å². The molecule has 4 rings (SSSR count). The second-order valence-electron chi connectivity index (χ2n) is 8.64. The summed E-state index contributed by atoms with van der Waals surface area (Å²) in [5, 5.41) is 6.97. The SMILES string of the molecule is CCCn1c(=O)c2[nH]c(-c3cc(OCC(=O)Nc4ccc(C(C)=O)cc4)nn3C)nc2n(CCC)c1=O. The number of fused-ring (bicyclic) bond motifs is 1. The molecule has 0 bridgehead atoms. The van der Waals surface area contributed by atoms with Gasteiger partial charge in [0.2, 0.25) is 5.88 Å². The van der Waals surface area contributed by atoms with E-state index in [0.29, 0.717) is 48.7 Å². The van der Waals surface area contributed by atoms with Crippen molar-refractivity contribution >= 4 is 28.5 Å². The Labute approximate surface area is 211 Å². The molecule has 0 radical (unpaired) electrons. The molecule has 194 valence electrons. The first kappa shape index (κ1) is 25.6. The van der Waals surface area contributed by atoms with E-state index in [-0.39, 0.29) is 35.1 Å². The number of hydrogen-bond donors (Lipinski definition) is 2. The van der Waals surface area contributed by atoms with Crippen LogP contribution in [-0.2, 0) is 24.9 Å². The normalized spacial score (nSPS) is 11.1. The molecule has 0 unspecified atom stereocenters. The van der Waals surface area contributed by atoms with E-state index in [9.17, 15) is 19.2 Å². The lowest BCUT2D eigenvalue weighted by molar-refractivity contribution is -0.118. The number of aryl methyl sites for hydroxylation is 2. The first-order valence-electron chi connectivity index (χ1n) is 12.0. The van der Waals surface area contributed by atoms with Crippen LogP contribution in [0.2, 0.25) is 0 Å². The average molecular weight is 508 g/mol. The van der Waals surface area contributed by atoms with Gasteiger partial charge >= 0.3 is 5.69 Å². The van der Waals surface area contributed by atoms with E-state index in [1.54, 1.807) is 37.4 Å². The number of aromatic amines is 1. The summed E-state index contributed by atoms with van der Waals surface area (Å²) < 4.78 is 9.80. The fourth-order valence-electron chi connectivity index (χ4n) is 3.99. The molecule has 4 aromatic rings. The molecule has 2 N–H and O–H groups in total. The van der Waals surface area contributed by atoms with Gasteiger partial charge in [0.1, 0.15) is 11.2 Å². The van der Waals surface area contributed by atoms with Crippen LogP contribution in [0.3, 0.4) is 0 Å². The second-order valence-corrected chi connectivity index (χ2v) is 8.64. The fraction of sp³-hybridized carbons (Fsp3) is 0.360. The molecule has 0 aliphatic carbocycles. The van der Waals surface area contributed by atoms with Gasteiger partial charge in [-0.2, -0.15) is 0 Å². The van der Waals surface area contributed by atoms with Gasteiger partial charge in [0.15, 0.2) is 23.9 Å². The number of nitrogens with zero attached hydrogens (tertiary/aromatic N) is 5. The Balaban J connectivity index is 1.55. The summed E-state index contributed by atoms with van der Waals surface area (Å²) in [5.41, 5.74) is 1.35. The van der Waals surface area contributed by atoms with Gasteiger partial charge < -0.3 is 15.0 Å². The number of anilines is 1. The van der Waals surface area contributed by atoms with Gasteiger partial charge in [0.25, 0.3) is 11.5 Å². The first-order chi connectivity index (χ1) is 17.7. The highest BCUT2D eigenvalue weighted by molar-refractivity contribution is 5.96. The Bertz CT molecular complexity index is 1570. The summed E-state index contributed by atoms with van der Waals surface area (Å²) in [6, 6.07) is 8.14. The number of carbonyl (C=O) groups excluding carboxylic acids is 2. The number of aromatic nitrogens is 6. The Morgan fingerprint density at radius 3 is 2.38 bits per heavy atom. The quantitative estimate of drug-likeness (QED) is 0.313. The number of H-pyrrole nitrogens is 1. The lowest BCUT2D eigenvalue weighted by atomic mass is 10.1. The minimum Gasteiger partial charge on any atom is -0.466 e. The zero-order valence-corrected chi connectivity index (χ0v) is 21.2. The maximum atomic E-state index is 13.0. The highest BCUT2D eigenvalue weighted by atomic mass is 16.5. The summed E-state index contributed by atoms with van der Waals surface area (Å²) in [7, 11) is 1.68. The molecule has 0 atom stereocenters. The van der Waals surface area contributed by atoms with Gasteiger partial charge in [-0.1, -0.05) is 13.8 Å². The van der Waals surface area contributed by atoms with Gasteiger partial charge in [-0.15, -0.1) is 5.10 Å². The smallest absolute Gasteiger partial charge is 0.332 e. The van der Waals surface area contributed by atoms with Crippen LogP contribution < -0.4 is 21.3 Å². The molecule has 37 heavy (non-hydrogen) atoms. The van der Waals surface area contributed by atoms with Crippen molar-refractivity contribution in [3.05, 3.63) is 56.7 Å². The third-order valence-corrected chi connectivity index (χ3v) is 5.78. The van der Waals surface area contributed by atoms with Crippen LogP contribution in [0.25, 0.3) is 22.7 Å². The van der Waals surface area contributed by atoms with Crippen molar-refractivity contribution in [3.63, 3.8) is 0 Å². The number of ketones is 1. The third-order valence-electron chi connectivity index (χ3n) is 5.78. The average Bonchev–Trinajstić information content (AvgIpc) is 3.47. The number of nitrogens with one attached hydrogen (secondary N) is 2. The van der Waals surface area contributed by atoms with Crippen LogP contribution in [0.5, 0.6) is 5.88 Å². The minimum absolute atomic E-state index is 0.0584. The predicted octanol–water partition coefficient (Wildman–Crippen LogP) is 2.33. The summed E-state index contributed by atoms with van der Waals surface area (Å²) in [4.78, 5) is 57.2. The van der Waals surface area contributed by atoms with Crippen LogP contribution >= 0.6 is 0 Å². The summed E-state index contributed by atoms with van der Waals surface area (Å²) in [6.45, 7) is 5.78. The van der Waals surface area contributed by atoms with Gasteiger partial charge in [0.05, 0.1) is 0 Å². The molecule has 0 spiro atoms. The standard InChI is InChI=1S/C25H29N7O5/c1-5-11-31-23-21(24(35)32(12-6-2)25(31)36)27-22(28-23)18-13-20(29-30(18)4)37-14-19(34)26-17-9-7-16(8-10-17)15(3)33/h7-10,13H,5-6,11-12,14H2,1-4H3,(H,26,34)(H,27,28). The van der Waals surface area contributed by atoms with Crippen LogP contribution in [0.4, 0.5) is 5.69 Å². The topological polar surface area (TPSA) is 146 Å². The van der Waals surface area contributed by atoms with Crippen molar-refractivity contribution in [2.24, 2.45) is 7.05 Å². The molecule has 0 aliphatic rings. The van der Waals surface area contributed by atoms with Crippen LogP contribution in [0, 0.1) is 0 Å². The summed E-state index contributed by atoms with van der Waals surface area (Å²) >= 11 is 0. The van der Waals surface area contributed by atoms with Crippen LogP contribution in [0.15, 0.2) is 39.9 Å². The molecule has 1 aromatic carbocycles. The molecule has 0 fully saturated rings. The number of hydrogen-bond acceptors (Lipinski definition) is 7. The molecule has 0 aliphatic heterocycles. The minimum atomic E-state index is -0.417. The van der Waals surface area contributed by atoms with Gasteiger partial charge in [-0.3, -0.25) is 28.2 Å². The number of rotatable bonds is 10. The predicted molar refractivity (Wildman–Crippen MR) is 138 cm³/mol. The van der Waals surface area contributed by atoms with Crippen molar-refractivity contribution < 1.29 is 14.3 Å². The van der Waals surface area contributed by atoms with Crippen molar-refractivity contribution in [1.29, 1.82) is 0 Å². The number of Topliss-reactive ketones (excluding diaryl/α,β-unsaturated/α-hetero) is 1. The number of imidazole rings is 1. The van der Waals surface area contributed by atoms with Gasteiger partial charge in [0, 0.05) is 37.5 Å². The molecule has 3 heterocycles. The fourth-order valence-corrected chi connectivity index (χ4v) is 3.99. The maximum Gasteiger partial charge on any atom is 0.332 e. The van der Waals surface area contributed by atoms with E-state index in [0.717, 1.165) is 0 Å². The summed E-state index contributed by atoms with van der Waals surface area (Å²) in [6.07, 6.45) is 1.35. The van der Waals surface area contributed by atoms with E-state index >= 15 is 0 Å². The van der Waals surface area contributed by atoms with E-state index < -0.39 is 11.5 Å². The molecular formula is C25H29N7O5. The van der Waals surface area contributed by atoms with E-state index in [4.69, 9.17) is 4.74 Å². The molecule has 12 heteroatoms. The molecule has 12 nitrogen and oxygen atoms in total. The van der Waals surface area contributed by atoms with Crippen LogP contribution in [0.1, 0.15) is 44.0 Å². The lowest BCUT2D eigenvalue weighted by Crippen LogP contribution is -2.40. The highest BCUT2D eigenvalue weighted by Crippen LogP contribution is 2.22. The Morgan fingerprint density at radius 2 is 1.73 bits per heavy atom. The zero-order valence-electron chi connectivity index (χ0n) is 21.2. The largest absolute Gasteiger partial charge is 0.466 e. The first-order valence-corrected chi connectivity index (χ1v) is 12.0. The molecule has 0 saturated heterocycles. The van der Waals surface area contributed by atoms with Gasteiger partial charge in [-0.25, -0.2) is 9.78 Å². The van der Waals surface area contributed by atoms with Crippen molar-refractivity contribution in [1.82, 2.24) is 28.9 Å². The number of amides is 1. The number of benzene rings is 1. The third kappa shape index (κ3) is 5.22. The Morgan fingerprint density at radius 1 is 1.05 bits per heavy atom. The Hall–Kier alpha value is -4.48. The van der Waals surface area contributed by atoms with E-state index in [1.165, 1.54) is 20.7 Å². The summed E-state index contributed by atoms with van der Waals surface area (Å²) in [5.74, 6) is 0.0864. The lowest BCUT2D eigenvalue weighted by Gasteiger charge is -2.09. The molecular weight excluding hydrogens is 478 g/mol. The number of carbonyl (C=O) groups is 2. The second kappa shape index (κ2) is 10.6. The number of ether oxygens (including phenoxy) is 1. The Kier molecular flexibility index (Phi) is 7.37. The van der Waals surface area contributed by atoms with Crippen molar-refractivity contribution in [3.8, 4) is 17.4 Å².